The van der Waals surface area contributed by atoms with Gasteiger partial charge in [-0.05, 0) is 65.8 Å². The molecule has 28 heavy (non-hydrogen) atoms. The summed E-state index contributed by atoms with van der Waals surface area (Å²) in [5, 5.41) is 10.1. The molecule has 1 saturated heterocycles. The van der Waals surface area contributed by atoms with Crippen LogP contribution in [0, 0.1) is 21.8 Å². The Labute approximate surface area is 183 Å². The van der Waals surface area contributed by atoms with Gasteiger partial charge in [0.1, 0.15) is 0 Å². The molecule has 1 fully saturated rings. The van der Waals surface area contributed by atoms with Crippen molar-refractivity contribution in [1.82, 2.24) is 9.88 Å². The molecule has 1 aromatic heterocycles. The van der Waals surface area contributed by atoms with E-state index in [-0.39, 0.29) is 0 Å². The lowest BCUT2D eigenvalue weighted by Crippen LogP contribution is -2.51. The topological polar surface area (TPSA) is 43.2 Å². The Bertz CT molecular complexity index is 1040. The fraction of sp³-hybridized carbons (Fsp3) is 0.364. The van der Waals surface area contributed by atoms with E-state index in [1.807, 2.05) is 0 Å². The molecule has 0 bridgehead atoms. The molecule has 0 radical (unpaired) electrons. The first-order valence-corrected chi connectivity index (χ1v) is 11.4. The van der Waals surface area contributed by atoms with E-state index in [1.54, 1.807) is 11.3 Å². The molecule has 4 nitrogen and oxygen atoms in total. The SMILES string of the molecule is Cc1cc(CC#N)cc(CN2CCN(c3nc4ccc(I)cc4s3)C[C@@H]2C)c1. The number of nitriles is 1. The van der Waals surface area contributed by atoms with Gasteiger partial charge < -0.3 is 4.90 Å². The summed E-state index contributed by atoms with van der Waals surface area (Å²) in [6.45, 7) is 8.36. The standard InChI is InChI=1S/C22H23IN4S/c1-15-9-17(5-6-24)11-18(10-15)14-26-7-8-27(13-16(26)2)22-25-20-4-3-19(23)12-21(20)28-22/h3-4,9-12,16H,5,7-8,13-14H2,1-2H3/t16-/m0/s1. The normalized spacial score (nSPS) is 17.8. The predicted octanol–water partition coefficient (Wildman–Crippen LogP) is 4.99. The van der Waals surface area contributed by atoms with Crippen LogP contribution in [0.1, 0.15) is 23.6 Å². The van der Waals surface area contributed by atoms with Crippen LogP contribution in [0.2, 0.25) is 0 Å². The zero-order valence-corrected chi connectivity index (χ0v) is 19.1. The number of rotatable bonds is 4. The molecule has 2 heterocycles. The molecule has 0 spiro atoms. The summed E-state index contributed by atoms with van der Waals surface area (Å²) in [5.74, 6) is 0. The minimum atomic E-state index is 0.459. The van der Waals surface area contributed by atoms with Crippen molar-refractivity contribution in [3.8, 4) is 6.07 Å². The van der Waals surface area contributed by atoms with Gasteiger partial charge in [0.25, 0.3) is 0 Å². The monoisotopic (exact) mass is 502 g/mol. The Morgan fingerprint density at radius 1 is 1.21 bits per heavy atom. The second kappa shape index (κ2) is 8.36. The van der Waals surface area contributed by atoms with Crippen molar-refractivity contribution >= 4 is 49.3 Å². The van der Waals surface area contributed by atoms with Crippen molar-refractivity contribution in [2.75, 3.05) is 24.5 Å². The van der Waals surface area contributed by atoms with Crippen molar-refractivity contribution in [3.05, 3.63) is 56.7 Å². The summed E-state index contributed by atoms with van der Waals surface area (Å²) in [5.41, 5.74) is 4.76. The van der Waals surface area contributed by atoms with Gasteiger partial charge in [-0.15, -0.1) is 0 Å². The second-order valence-electron chi connectivity index (χ2n) is 7.54. The van der Waals surface area contributed by atoms with Crippen molar-refractivity contribution < 1.29 is 0 Å². The van der Waals surface area contributed by atoms with E-state index in [0.29, 0.717) is 12.5 Å². The smallest absolute Gasteiger partial charge is 0.186 e. The first kappa shape index (κ1) is 19.6. The number of thiazole rings is 1. The van der Waals surface area contributed by atoms with Crippen LogP contribution in [-0.4, -0.2) is 35.6 Å². The van der Waals surface area contributed by atoms with Gasteiger partial charge in [0.15, 0.2) is 5.13 Å². The molecule has 2 aromatic carbocycles. The van der Waals surface area contributed by atoms with Gasteiger partial charge in [-0.1, -0.05) is 35.1 Å². The Kier molecular flexibility index (Phi) is 5.85. The second-order valence-corrected chi connectivity index (χ2v) is 9.79. The Balaban J connectivity index is 1.46. The lowest BCUT2D eigenvalue weighted by Gasteiger charge is -2.39. The number of hydrogen-bond acceptors (Lipinski definition) is 5. The van der Waals surface area contributed by atoms with Gasteiger partial charge in [-0.2, -0.15) is 5.26 Å². The highest BCUT2D eigenvalue weighted by Crippen LogP contribution is 2.31. The summed E-state index contributed by atoms with van der Waals surface area (Å²) in [7, 11) is 0. The first-order chi connectivity index (χ1) is 13.5. The zero-order valence-electron chi connectivity index (χ0n) is 16.2. The minimum absolute atomic E-state index is 0.459. The van der Waals surface area contributed by atoms with Crippen LogP contribution < -0.4 is 4.90 Å². The highest BCUT2D eigenvalue weighted by Gasteiger charge is 2.25. The van der Waals surface area contributed by atoms with Crippen LogP contribution in [0.4, 0.5) is 5.13 Å². The lowest BCUT2D eigenvalue weighted by atomic mass is 10.0. The van der Waals surface area contributed by atoms with Crippen molar-refractivity contribution in [1.29, 1.82) is 5.26 Å². The fourth-order valence-corrected chi connectivity index (χ4v) is 5.63. The molecule has 0 saturated carbocycles. The van der Waals surface area contributed by atoms with Crippen LogP contribution in [0.3, 0.4) is 0 Å². The average molecular weight is 502 g/mol. The third kappa shape index (κ3) is 4.32. The van der Waals surface area contributed by atoms with Gasteiger partial charge in [0, 0.05) is 35.8 Å². The van der Waals surface area contributed by atoms with Gasteiger partial charge in [-0.25, -0.2) is 4.98 Å². The predicted molar refractivity (Wildman–Crippen MR) is 125 cm³/mol. The van der Waals surface area contributed by atoms with E-state index in [4.69, 9.17) is 10.2 Å². The summed E-state index contributed by atoms with van der Waals surface area (Å²) >= 11 is 4.15. The number of nitrogens with zero attached hydrogens (tertiary/aromatic N) is 4. The Morgan fingerprint density at radius 2 is 2.04 bits per heavy atom. The van der Waals surface area contributed by atoms with E-state index >= 15 is 0 Å². The number of aromatic nitrogens is 1. The summed E-state index contributed by atoms with van der Waals surface area (Å²) < 4.78 is 2.52. The van der Waals surface area contributed by atoms with Crippen LogP contribution in [0.5, 0.6) is 0 Å². The maximum Gasteiger partial charge on any atom is 0.186 e. The molecule has 0 amide bonds. The van der Waals surface area contributed by atoms with Crippen molar-refractivity contribution in [3.63, 3.8) is 0 Å². The van der Waals surface area contributed by atoms with E-state index in [0.717, 1.165) is 42.4 Å². The maximum atomic E-state index is 9.00. The molecular formula is C22H23IN4S. The molecule has 0 N–H and O–H groups in total. The van der Waals surface area contributed by atoms with E-state index in [2.05, 4.69) is 88.7 Å². The molecule has 0 unspecified atom stereocenters. The van der Waals surface area contributed by atoms with Crippen molar-refractivity contribution in [2.45, 2.75) is 32.9 Å². The summed E-state index contributed by atoms with van der Waals surface area (Å²) in [6, 6.07) is 15.7. The minimum Gasteiger partial charge on any atom is -0.345 e. The number of piperazine rings is 1. The van der Waals surface area contributed by atoms with Crippen LogP contribution >= 0.6 is 33.9 Å². The van der Waals surface area contributed by atoms with Crippen LogP contribution in [0.25, 0.3) is 10.2 Å². The lowest BCUT2D eigenvalue weighted by molar-refractivity contribution is 0.181. The molecule has 1 aliphatic rings. The number of benzene rings is 2. The number of anilines is 1. The van der Waals surface area contributed by atoms with E-state index in [9.17, 15) is 0 Å². The molecule has 1 aliphatic heterocycles. The molecule has 144 valence electrons. The molecule has 6 heteroatoms. The fourth-order valence-electron chi connectivity index (χ4n) is 3.89. The first-order valence-electron chi connectivity index (χ1n) is 9.53. The van der Waals surface area contributed by atoms with Crippen LogP contribution in [0.15, 0.2) is 36.4 Å². The molecule has 0 aliphatic carbocycles. The van der Waals surface area contributed by atoms with Crippen LogP contribution in [-0.2, 0) is 13.0 Å². The third-order valence-electron chi connectivity index (χ3n) is 5.24. The largest absolute Gasteiger partial charge is 0.345 e. The molecular weight excluding hydrogens is 479 g/mol. The maximum absolute atomic E-state index is 9.00. The van der Waals surface area contributed by atoms with Gasteiger partial charge >= 0.3 is 0 Å². The van der Waals surface area contributed by atoms with Crippen molar-refractivity contribution in [2.24, 2.45) is 0 Å². The number of fused-ring (bicyclic) bond motifs is 1. The zero-order chi connectivity index (χ0) is 19.7. The molecule has 4 rings (SSSR count). The third-order valence-corrected chi connectivity index (χ3v) is 6.99. The van der Waals surface area contributed by atoms with Gasteiger partial charge in [0.2, 0.25) is 0 Å². The highest BCUT2D eigenvalue weighted by molar-refractivity contribution is 14.1. The average Bonchev–Trinajstić information content (AvgIpc) is 3.06. The number of hydrogen-bond donors (Lipinski definition) is 0. The molecule has 3 aromatic rings. The van der Waals surface area contributed by atoms with E-state index in [1.165, 1.54) is 19.4 Å². The highest BCUT2D eigenvalue weighted by atomic mass is 127. The van der Waals surface area contributed by atoms with Gasteiger partial charge in [0.05, 0.1) is 22.7 Å². The number of halogens is 1. The summed E-state index contributed by atoms with van der Waals surface area (Å²) in [6.07, 6.45) is 0.481. The molecule has 1 atom stereocenters. The quantitative estimate of drug-likeness (QED) is 0.472. The van der Waals surface area contributed by atoms with Gasteiger partial charge in [-0.3, -0.25) is 4.90 Å². The number of aryl methyl sites for hydroxylation is 1. The Morgan fingerprint density at radius 3 is 2.82 bits per heavy atom. The summed E-state index contributed by atoms with van der Waals surface area (Å²) in [4.78, 5) is 9.82. The van der Waals surface area contributed by atoms with E-state index < -0.39 is 0 Å². The Hall–Kier alpha value is -1.69.